The van der Waals surface area contributed by atoms with E-state index < -0.39 is 9.84 Å². The quantitative estimate of drug-likeness (QED) is 0.309. The van der Waals surface area contributed by atoms with Crippen molar-refractivity contribution >= 4 is 45.7 Å². The molecule has 1 fully saturated rings. The molecule has 130 valence electrons. The zero-order chi connectivity index (χ0) is 15.9. The third-order valence-corrected chi connectivity index (χ3v) is 4.74. The molecule has 9 heteroatoms. The number of hydrogen-bond donors (Lipinski definition) is 3. The van der Waals surface area contributed by atoms with Gasteiger partial charge in [0.15, 0.2) is 15.8 Å². The van der Waals surface area contributed by atoms with Gasteiger partial charge in [0.25, 0.3) is 0 Å². The van der Waals surface area contributed by atoms with Crippen molar-refractivity contribution in [2.75, 3.05) is 24.6 Å². The molecule has 1 amide bonds. The van der Waals surface area contributed by atoms with Crippen LogP contribution in [-0.4, -0.2) is 57.0 Å². The average molecular weight is 446 g/mol. The van der Waals surface area contributed by atoms with Gasteiger partial charge in [-0.3, -0.25) is 9.79 Å². The molecule has 0 aromatic heterocycles. The molecule has 0 aliphatic carbocycles. The predicted molar refractivity (Wildman–Crippen MR) is 99.5 cm³/mol. The monoisotopic (exact) mass is 446 g/mol. The Morgan fingerprint density at radius 2 is 2.05 bits per heavy atom. The van der Waals surface area contributed by atoms with E-state index in [0.29, 0.717) is 18.9 Å². The number of nitrogens with one attached hydrogen (secondary N) is 3. The van der Waals surface area contributed by atoms with E-state index >= 15 is 0 Å². The Morgan fingerprint density at radius 1 is 1.36 bits per heavy atom. The van der Waals surface area contributed by atoms with Gasteiger partial charge >= 0.3 is 0 Å². The van der Waals surface area contributed by atoms with Gasteiger partial charge in [0.05, 0.1) is 18.1 Å². The van der Waals surface area contributed by atoms with Gasteiger partial charge in [0.1, 0.15) is 0 Å². The lowest BCUT2D eigenvalue weighted by atomic mass is 10.2. The minimum absolute atomic E-state index is 0. The minimum atomic E-state index is -2.96. The number of hydrogen-bond acceptors (Lipinski definition) is 4. The first-order chi connectivity index (χ1) is 9.82. The Kier molecular flexibility index (Phi) is 9.97. The molecule has 1 atom stereocenters. The van der Waals surface area contributed by atoms with Crippen molar-refractivity contribution in [3.05, 3.63) is 0 Å². The molecule has 0 spiro atoms. The SMILES string of the molecule is CCNC(=NCCC(=O)NC1CCS(=O)(=O)C1)NC(C)C.I. The molecule has 0 radical (unpaired) electrons. The van der Waals surface area contributed by atoms with E-state index in [4.69, 9.17) is 0 Å². The molecule has 1 saturated heterocycles. The van der Waals surface area contributed by atoms with Gasteiger partial charge in [0, 0.05) is 25.0 Å². The van der Waals surface area contributed by atoms with Gasteiger partial charge in [-0.25, -0.2) is 8.42 Å². The highest BCUT2D eigenvalue weighted by molar-refractivity contribution is 14.0. The summed E-state index contributed by atoms with van der Waals surface area (Å²) in [4.78, 5) is 16.1. The second-order valence-corrected chi connectivity index (χ2v) is 7.71. The largest absolute Gasteiger partial charge is 0.357 e. The number of carbonyl (C=O) groups excluding carboxylic acids is 1. The van der Waals surface area contributed by atoms with Crippen molar-refractivity contribution in [1.82, 2.24) is 16.0 Å². The molecule has 3 N–H and O–H groups in total. The standard InChI is InChI=1S/C13H26N4O3S.HI/c1-4-14-13(16-10(2)3)15-7-5-12(18)17-11-6-8-21(19,20)9-11;/h10-11H,4-9H2,1-3H3,(H,17,18)(H2,14,15,16);1H. The van der Waals surface area contributed by atoms with Crippen molar-refractivity contribution in [1.29, 1.82) is 0 Å². The first-order valence-electron chi connectivity index (χ1n) is 7.37. The van der Waals surface area contributed by atoms with Crippen LogP contribution in [0.2, 0.25) is 0 Å². The third-order valence-electron chi connectivity index (χ3n) is 2.98. The van der Waals surface area contributed by atoms with E-state index in [1.165, 1.54) is 0 Å². The Balaban J connectivity index is 0.00000441. The summed E-state index contributed by atoms with van der Waals surface area (Å²) in [6.07, 6.45) is 0.764. The zero-order valence-corrected chi connectivity index (χ0v) is 16.5. The summed E-state index contributed by atoms with van der Waals surface area (Å²) in [5.41, 5.74) is 0. The number of amides is 1. The summed E-state index contributed by atoms with van der Waals surface area (Å²) in [6.45, 7) is 7.13. The minimum Gasteiger partial charge on any atom is -0.357 e. The predicted octanol–water partition coefficient (Wildman–Crippen LogP) is 0.261. The smallest absolute Gasteiger partial charge is 0.222 e. The number of guanidine groups is 1. The Bertz CT molecular complexity index is 480. The van der Waals surface area contributed by atoms with Crippen LogP contribution in [0.15, 0.2) is 4.99 Å². The topological polar surface area (TPSA) is 99.7 Å². The summed E-state index contributed by atoms with van der Waals surface area (Å²) in [7, 11) is -2.96. The maximum atomic E-state index is 11.8. The van der Waals surface area contributed by atoms with Crippen LogP contribution in [0, 0.1) is 0 Å². The van der Waals surface area contributed by atoms with Gasteiger partial charge in [-0.1, -0.05) is 0 Å². The van der Waals surface area contributed by atoms with Gasteiger partial charge in [0.2, 0.25) is 5.91 Å². The second-order valence-electron chi connectivity index (χ2n) is 5.48. The molecule has 0 aromatic carbocycles. The average Bonchev–Trinajstić information content (AvgIpc) is 2.68. The highest BCUT2D eigenvalue weighted by atomic mass is 127. The van der Waals surface area contributed by atoms with Crippen molar-refractivity contribution in [3.63, 3.8) is 0 Å². The van der Waals surface area contributed by atoms with Crippen LogP contribution < -0.4 is 16.0 Å². The van der Waals surface area contributed by atoms with E-state index in [0.717, 1.165) is 6.54 Å². The van der Waals surface area contributed by atoms with Gasteiger partial charge in [-0.05, 0) is 27.2 Å². The number of nitrogens with zero attached hydrogens (tertiary/aromatic N) is 1. The van der Waals surface area contributed by atoms with Crippen LogP contribution in [0.4, 0.5) is 0 Å². The number of halogens is 1. The molecule has 1 aliphatic rings. The second kappa shape index (κ2) is 10.2. The van der Waals surface area contributed by atoms with Crippen LogP contribution >= 0.6 is 24.0 Å². The van der Waals surface area contributed by atoms with Crippen molar-refractivity contribution in [2.45, 2.75) is 45.7 Å². The van der Waals surface area contributed by atoms with E-state index in [1.54, 1.807) is 0 Å². The fraction of sp³-hybridized carbons (Fsp3) is 0.846. The van der Waals surface area contributed by atoms with Crippen LogP contribution in [0.5, 0.6) is 0 Å². The highest BCUT2D eigenvalue weighted by Gasteiger charge is 2.28. The van der Waals surface area contributed by atoms with Crippen LogP contribution in [0.3, 0.4) is 0 Å². The molecule has 1 rings (SSSR count). The Labute approximate surface area is 150 Å². The lowest BCUT2D eigenvalue weighted by Crippen LogP contribution is -2.41. The summed E-state index contributed by atoms with van der Waals surface area (Å²) < 4.78 is 22.6. The summed E-state index contributed by atoms with van der Waals surface area (Å²) in [5.74, 6) is 0.753. The fourth-order valence-corrected chi connectivity index (χ4v) is 3.74. The van der Waals surface area contributed by atoms with Crippen LogP contribution in [0.25, 0.3) is 0 Å². The van der Waals surface area contributed by atoms with Crippen LogP contribution in [-0.2, 0) is 14.6 Å². The molecular weight excluding hydrogens is 419 g/mol. The molecule has 1 unspecified atom stereocenters. The summed E-state index contributed by atoms with van der Waals surface area (Å²) in [6, 6.07) is 0.0221. The lowest BCUT2D eigenvalue weighted by molar-refractivity contribution is -0.121. The van der Waals surface area contributed by atoms with Crippen LogP contribution in [0.1, 0.15) is 33.6 Å². The van der Waals surface area contributed by atoms with Gasteiger partial charge in [-0.2, -0.15) is 0 Å². The molecule has 7 nitrogen and oxygen atoms in total. The van der Waals surface area contributed by atoms with Gasteiger partial charge in [-0.15, -0.1) is 24.0 Å². The first kappa shape index (κ1) is 21.4. The number of rotatable bonds is 6. The first-order valence-corrected chi connectivity index (χ1v) is 9.19. The molecule has 0 saturated carbocycles. The maximum Gasteiger partial charge on any atom is 0.222 e. The molecule has 1 aliphatic heterocycles. The van der Waals surface area contributed by atoms with E-state index in [9.17, 15) is 13.2 Å². The number of carbonyl (C=O) groups is 1. The Hall–Kier alpha value is -0.580. The van der Waals surface area contributed by atoms with E-state index in [1.807, 2.05) is 20.8 Å². The zero-order valence-electron chi connectivity index (χ0n) is 13.4. The maximum absolute atomic E-state index is 11.8. The molecule has 1 heterocycles. The summed E-state index contributed by atoms with van der Waals surface area (Å²) >= 11 is 0. The van der Waals surface area contributed by atoms with Crippen molar-refractivity contribution < 1.29 is 13.2 Å². The molecule has 0 bridgehead atoms. The molecule has 22 heavy (non-hydrogen) atoms. The third kappa shape index (κ3) is 8.76. The highest BCUT2D eigenvalue weighted by Crippen LogP contribution is 2.11. The molecular formula is C13H27IN4O3S. The number of sulfone groups is 1. The molecule has 0 aromatic rings. The fourth-order valence-electron chi connectivity index (χ4n) is 2.07. The van der Waals surface area contributed by atoms with E-state index in [2.05, 4.69) is 20.9 Å². The van der Waals surface area contributed by atoms with Crippen molar-refractivity contribution in [2.24, 2.45) is 4.99 Å². The van der Waals surface area contributed by atoms with Crippen molar-refractivity contribution in [3.8, 4) is 0 Å². The van der Waals surface area contributed by atoms with Gasteiger partial charge < -0.3 is 16.0 Å². The summed E-state index contributed by atoms with van der Waals surface area (Å²) in [5, 5.41) is 9.02. The Morgan fingerprint density at radius 3 is 2.55 bits per heavy atom. The number of aliphatic imine (C=N–C) groups is 1. The lowest BCUT2D eigenvalue weighted by Gasteiger charge is -2.14. The van der Waals surface area contributed by atoms with E-state index in [-0.39, 0.29) is 59.9 Å². The normalized spacial score (nSPS) is 20.4.